The van der Waals surface area contributed by atoms with Gasteiger partial charge >= 0.3 is 0 Å². The van der Waals surface area contributed by atoms with Crippen LogP contribution in [0.2, 0.25) is 0 Å². The standard InChI is InChI=1S/C9H8BrNO2S2/c10-6-15(12,13)11-8-1-2-9-7(5-8)3-4-14-9/h1-5,11H,6H2. The second kappa shape index (κ2) is 4.11. The van der Waals surface area contributed by atoms with Crippen molar-refractivity contribution in [3.8, 4) is 0 Å². The Kier molecular flexibility index (Phi) is 2.99. The highest BCUT2D eigenvalue weighted by Crippen LogP contribution is 2.24. The summed E-state index contributed by atoms with van der Waals surface area (Å²) in [6, 6.07) is 7.46. The quantitative estimate of drug-likeness (QED) is 0.886. The van der Waals surface area contributed by atoms with E-state index in [0.717, 1.165) is 10.1 Å². The molecule has 0 fully saturated rings. The Morgan fingerprint density at radius 1 is 1.33 bits per heavy atom. The molecule has 0 bridgehead atoms. The molecule has 3 nitrogen and oxygen atoms in total. The third kappa shape index (κ3) is 2.50. The van der Waals surface area contributed by atoms with E-state index in [1.54, 1.807) is 17.4 Å². The van der Waals surface area contributed by atoms with Crippen molar-refractivity contribution in [1.29, 1.82) is 0 Å². The van der Waals surface area contributed by atoms with Crippen LogP contribution in [0.5, 0.6) is 0 Å². The van der Waals surface area contributed by atoms with Gasteiger partial charge in [0, 0.05) is 10.4 Å². The molecule has 0 radical (unpaired) electrons. The molecule has 1 aromatic heterocycles. The number of benzene rings is 1. The molecular weight excluding hydrogens is 298 g/mol. The first-order chi connectivity index (χ1) is 7.11. The third-order valence-corrected chi connectivity index (χ3v) is 5.41. The summed E-state index contributed by atoms with van der Waals surface area (Å²) in [6.07, 6.45) is 0. The molecule has 1 aromatic carbocycles. The molecule has 0 unspecified atom stereocenters. The maximum Gasteiger partial charge on any atom is 0.242 e. The van der Waals surface area contributed by atoms with Crippen molar-refractivity contribution in [2.24, 2.45) is 0 Å². The predicted molar refractivity (Wildman–Crippen MR) is 68.2 cm³/mol. The number of hydrogen-bond donors (Lipinski definition) is 1. The topological polar surface area (TPSA) is 46.2 Å². The van der Waals surface area contributed by atoms with Crippen LogP contribution in [0.25, 0.3) is 10.1 Å². The van der Waals surface area contributed by atoms with E-state index >= 15 is 0 Å². The summed E-state index contributed by atoms with van der Waals surface area (Å²) in [5.41, 5.74) is 0.598. The molecule has 6 heteroatoms. The van der Waals surface area contributed by atoms with Gasteiger partial charge in [0.25, 0.3) is 0 Å². The van der Waals surface area contributed by atoms with Crippen LogP contribution in [0.15, 0.2) is 29.6 Å². The van der Waals surface area contributed by atoms with Gasteiger partial charge in [-0.1, -0.05) is 15.9 Å². The number of sulfonamides is 1. The van der Waals surface area contributed by atoms with Crippen LogP contribution in [0.4, 0.5) is 5.69 Å². The molecule has 0 aliphatic carbocycles. The molecule has 0 aliphatic heterocycles. The molecule has 0 aliphatic rings. The number of nitrogens with one attached hydrogen (secondary N) is 1. The SMILES string of the molecule is O=S(=O)(CBr)Nc1ccc2sccc2c1. The van der Waals surface area contributed by atoms with Crippen LogP contribution in [-0.4, -0.2) is 13.1 Å². The molecule has 15 heavy (non-hydrogen) atoms. The number of alkyl halides is 1. The summed E-state index contributed by atoms with van der Waals surface area (Å²) in [5.74, 6) is 0. The molecule has 1 heterocycles. The van der Waals surface area contributed by atoms with Crippen molar-refractivity contribution in [3.05, 3.63) is 29.6 Å². The minimum absolute atomic E-state index is 0.0956. The van der Waals surface area contributed by atoms with Gasteiger partial charge in [-0.3, -0.25) is 4.72 Å². The first-order valence-corrected chi connectivity index (χ1v) is 7.80. The molecule has 80 valence electrons. The average Bonchev–Trinajstić information content (AvgIpc) is 2.64. The van der Waals surface area contributed by atoms with Crippen LogP contribution in [0, 0.1) is 0 Å². The minimum Gasteiger partial charge on any atom is -0.283 e. The summed E-state index contributed by atoms with van der Waals surface area (Å²) in [5, 5.41) is 3.03. The Hall–Kier alpha value is -0.590. The average molecular weight is 306 g/mol. The predicted octanol–water partition coefficient (Wildman–Crippen LogP) is 3.00. The van der Waals surface area contributed by atoms with E-state index in [9.17, 15) is 8.42 Å². The number of fused-ring (bicyclic) bond motifs is 1. The molecule has 0 saturated carbocycles. The van der Waals surface area contributed by atoms with Crippen LogP contribution < -0.4 is 4.72 Å². The van der Waals surface area contributed by atoms with E-state index in [0.29, 0.717) is 5.69 Å². The van der Waals surface area contributed by atoms with Crippen LogP contribution in [-0.2, 0) is 10.0 Å². The Bertz CT molecular complexity index is 577. The number of thiophene rings is 1. The fraction of sp³-hybridized carbons (Fsp3) is 0.111. The highest BCUT2D eigenvalue weighted by atomic mass is 79.9. The summed E-state index contributed by atoms with van der Waals surface area (Å²) >= 11 is 4.56. The lowest BCUT2D eigenvalue weighted by Gasteiger charge is -2.04. The molecule has 2 aromatic rings. The molecule has 0 saturated heterocycles. The Morgan fingerprint density at radius 3 is 2.87 bits per heavy atom. The zero-order valence-electron chi connectivity index (χ0n) is 7.60. The van der Waals surface area contributed by atoms with Gasteiger partial charge in [0.15, 0.2) is 0 Å². The zero-order valence-corrected chi connectivity index (χ0v) is 10.8. The van der Waals surface area contributed by atoms with Gasteiger partial charge in [-0.15, -0.1) is 11.3 Å². The molecule has 0 spiro atoms. The smallest absolute Gasteiger partial charge is 0.242 e. The summed E-state index contributed by atoms with van der Waals surface area (Å²) in [4.78, 5) is 0. The lowest BCUT2D eigenvalue weighted by atomic mass is 10.2. The largest absolute Gasteiger partial charge is 0.283 e. The molecular formula is C9H8BrNO2S2. The van der Waals surface area contributed by atoms with Gasteiger partial charge in [0.2, 0.25) is 10.0 Å². The fourth-order valence-electron chi connectivity index (χ4n) is 1.24. The lowest BCUT2D eigenvalue weighted by Crippen LogP contribution is -2.12. The van der Waals surface area contributed by atoms with E-state index in [-0.39, 0.29) is 4.66 Å². The summed E-state index contributed by atoms with van der Waals surface area (Å²) < 4.78 is 26.1. The molecule has 0 atom stereocenters. The molecule has 1 N–H and O–H groups in total. The van der Waals surface area contributed by atoms with Gasteiger partial charge in [-0.05, 0) is 35.0 Å². The molecule has 2 rings (SSSR count). The van der Waals surface area contributed by atoms with Gasteiger partial charge in [-0.2, -0.15) is 0 Å². The van der Waals surface area contributed by atoms with Crippen molar-refractivity contribution in [3.63, 3.8) is 0 Å². The maximum absolute atomic E-state index is 11.3. The summed E-state index contributed by atoms with van der Waals surface area (Å²) in [6.45, 7) is 0. The first kappa shape index (κ1) is 10.9. The Balaban J connectivity index is 2.37. The van der Waals surface area contributed by atoms with Crippen molar-refractivity contribution in [1.82, 2.24) is 0 Å². The van der Waals surface area contributed by atoms with Gasteiger partial charge in [0.1, 0.15) is 4.66 Å². The highest BCUT2D eigenvalue weighted by molar-refractivity contribution is 9.10. The zero-order chi connectivity index (χ0) is 10.9. The van der Waals surface area contributed by atoms with Crippen LogP contribution in [0.1, 0.15) is 0 Å². The monoisotopic (exact) mass is 305 g/mol. The van der Waals surface area contributed by atoms with Gasteiger partial charge in [0.05, 0.1) is 0 Å². The van der Waals surface area contributed by atoms with Crippen LogP contribution in [0.3, 0.4) is 0 Å². The Labute approximate surface area is 100 Å². The second-order valence-corrected chi connectivity index (χ2v) is 6.97. The van der Waals surface area contributed by atoms with E-state index in [1.807, 2.05) is 23.6 Å². The second-order valence-electron chi connectivity index (χ2n) is 3.00. The van der Waals surface area contributed by atoms with Crippen molar-refractivity contribution in [2.75, 3.05) is 9.38 Å². The number of anilines is 1. The number of hydrogen-bond acceptors (Lipinski definition) is 3. The minimum atomic E-state index is -3.25. The van der Waals surface area contributed by atoms with E-state index in [4.69, 9.17) is 0 Å². The van der Waals surface area contributed by atoms with Crippen LogP contribution >= 0.6 is 27.3 Å². The van der Waals surface area contributed by atoms with Crippen molar-refractivity contribution < 1.29 is 8.42 Å². The normalized spacial score (nSPS) is 11.8. The van der Waals surface area contributed by atoms with Gasteiger partial charge in [-0.25, -0.2) is 8.42 Å². The van der Waals surface area contributed by atoms with Crippen molar-refractivity contribution >= 4 is 53.1 Å². The summed E-state index contributed by atoms with van der Waals surface area (Å²) in [7, 11) is -3.25. The highest BCUT2D eigenvalue weighted by Gasteiger charge is 2.07. The van der Waals surface area contributed by atoms with Gasteiger partial charge < -0.3 is 0 Å². The number of halogens is 1. The maximum atomic E-state index is 11.3. The number of rotatable bonds is 3. The first-order valence-electron chi connectivity index (χ1n) is 4.14. The molecule has 0 amide bonds. The fourth-order valence-corrected chi connectivity index (χ4v) is 2.89. The van der Waals surface area contributed by atoms with E-state index in [1.165, 1.54) is 0 Å². The third-order valence-electron chi connectivity index (χ3n) is 1.87. The Morgan fingerprint density at radius 2 is 2.13 bits per heavy atom. The lowest BCUT2D eigenvalue weighted by molar-refractivity contribution is 0.606. The van der Waals surface area contributed by atoms with Crippen molar-refractivity contribution in [2.45, 2.75) is 0 Å². The van der Waals surface area contributed by atoms with E-state index in [2.05, 4.69) is 20.7 Å². The van der Waals surface area contributed by atoms with E-state index < -0.39 is 10.0 Å².